The molecule has 1 aliphatic carbocycles. The fourth-order valence-corrected chi connectivity index (χ4v) is 3.94. The van der Waals surface area contributed by atoms with E-state index in [1.54, 1.807) is 4.88 Å². The number of aromatic nitrogens is 1. The SMILES string of the molecule is CCCNCC1CCCc2sc(CCC(C)C)nc21. The Kier molecular flexibility index (Phi) is 5.83. The second-order valence-corrected chi connectivity index (χ2v) is 7.31. The van der Waals surface area contributed by atoms with Crippen molar-refractivity contribution in [2.45, 2.75) is 65.2 Å². The molecule has 1 N–H and O–H groups in total. The largest absolute Gasteiger partial charge is 0.316 e. The lowest BCUT2D eigenvalue weighted by Crippen LogP contribution is -2.24. The lowest BCUT2D eigenvalue weighted by molar-refractivity contribution is 0.500. The lowest BCUT2D eigenvalue weighted by Gasteiger charge is -2.21. The first-order chi connectivity index (χ1) is 9.20. The molecule has 0 aliphatic heterocycles. The molecular weight excluding hydrogens is 252 g/mol. The number of fused-ring (bicyclic) bond motifs is 1. The van der Waals surface area contributed by atoms with Crippen LogP contribution < -0.4 is 5.32 Å². The first-order valence-corrected chi connectivity index (χ1v) is 8.71. The first-order valence-electron chi connectivity index (χ1n) is 7.89. The van der Waals surface area contributed by atoms with Crippen LogP contribution in [0.3, 0.4) is 0 Å². The van der Waals surface area contributed by atoms with Gasteiger partial charge in [0.25, 0.3) is 0 Å². The number of aryl methyl sites for hydroxylation is 2. The van der Waals surface area contributed by atoms with E-state index in [0.717, 1.165) is 19.0 Å². The van der Waals surface area contributed by atoms with E-state index in [9.17, 15) is 0 Å². The predicted octanol–water partition coefficient (Wildman–Crippen LogP) is 4.15. The topological polar surface area (TPSA) is 24.9 Å². The highest BCUT2D eigenvalue weighted by molar-refractivity contribution is 7.11. The zero-order chi connectivity index (χ0) is 13.7. The molecule has 2 rings (SSSR count). The molecule has 19 heavy (non-hydrogen) atoms. The van der Waals surface area contributed by atoms with Crippen LogP contribution in [-0.2, 0) is 12.8 Å². The molecule has 0 radical (unpaired) electrons. The first kappa shape index (κ1) is 15.0. The Morgan fingerprint density at radius 1 is 1.42 bits per heavy atom. The highest BCUT2D eigenvalue weighted by Crippen LogP contribution is 2.35. The van der Waals surface area contributed by atoms with Gasteiger partial charge in [0.1, 0.15) is 0 Å². The highest BCUT2D eigenvalue weighted by Gasteiger charge is 2.24. The molecule has 0 saturated carbocycles. The maximum atomic E-state index is 4.96. The summed E-state index contributed by atoms with van der Waals surface area (Å²) in [6.45, 7) is 9.08. The molecule has 1 unspecified atom stereocenters. The Balaban J connectivity index is 1.98. The third-order valence-electron chi connectivity index (χ3n) is 3.87. The van der Waals surface area contributed by atoms with Crippen molar-refractivity contribution in [2.24, 2.45) is 5.92 Å². The average molecular weight is 280 g/mol. The predicted molar refractivity (Wildman–Crippen MR) is 84.1 cm³/mol. The van der Waals surface area contributed by atoms with Crippen molar-refractivity contribution >= 4 is 11.3 Å². The van der Waals surface area contributed by atoms with E-state index >= 15 is 0 Å². The van der Waals surface area contributed by atoms with Gasteiger partial charge in [-0.1, -0.05) is 20.8 Å². The van der Waals surface area contributed by atoms with Gasteiger partial charge in [0.15, 0.2) is 0 Å². The van der Waals surface area contributed by atoms with Crippen molar-refractivity contribution in [1.82, 2.24) is 10.3 Å². The monoisotopic (exact) mass is 280 g/mol. The summed E-state index contributed by atoms with van der Waals surface area (Å²) in [4.78, 5) is 6.54. The van der Waals surface area contributed by atoms with Gasteiger partial charge in [-0.25, -0.2) is 4.98 Å². The van der Waals surface area contributed by atoms with Gasteiger partial charge in [-0.2, -0.15) is 0 Å². The van der Waals surface area contributed by atoms with E-state index in [4.69, 9.17) is 4.98 Å². The van der Waals surface area contributed by atoms with E-state index in [1.807, 2.05) is 11.3 Å². The molecule has 0 fully saturated rings. The number of nitrogens with zero attached hydrogens (tertiary/aromatic N) is 1. The molecule has 1 atom stereocenters. The van der Waals surface area contributed by atoms with Crippen molar-refractivity contribution in [3.05, 3.63) is 15.6 Å². The third-order valence-corrected chi connectivity index (χ3v) is 5.06. The van der Waals surface area contributed by atoms with Crippen LogP contribution in [0.15, 0.2) is 0 Å². The van der Waals surface area contributed by atoms with Crippen LogP contribution >= 0.6 is 11.3 Å². The van der Waals surface area contributed by atoms with Gasteiger partial charge < -0.3 is 5.32 Å². The molecule has 0 amide bonds. The highest BCUT2D eigenvalue weighted by atomic mass is 32.1. The maximum Gasteiger partial charge on any atom is 0.0931 e. The van der Waals surface area contributed by atoms with Crippen LogP contribution in [0, 0.1) is 5.92 Å². The molecule has 1 aromatic heterocycles. The van der Waals surface area contributed by atoms with Crippen LogP contribution in [0.4, 0.5) is 0 Å². The third kappa shape index (κ3) is 4.28. The fourth-order valence-electron chi connectivity index (χ4n) is 2.73. The number of thiazole rings is 1. The lowest BCUT2D eigenvalue weighted by atomic mass is 9.91. The Labute approximate surface area is 122 Å². The second kappa shape index (κ2) is 7.39. The van der Waals surface area contributed by atoms with Crippen molar-refractivity contribution in [1.29, 1.82) is 0 Å². The fraction of sp³-hybridized carbons (Fsp3) is 0.812. The number of hydrogen-bond donors (Lipinski definition) is 1. The minimum atomic E-state index is 0.666. The number of nitrogens with one attached hydrogen (secondary N) is 1. The molecule has 0 bridgehead atoms. The van der Waals surface area contributed by atoms with Crippen molar-refractivity contribution < 1.29 is 0 Å². The summed E-state index contributed by atoms with van der Waals surface area (Å²) in [5.41, 5.74) is 1.43. The standard InChI is InChI=1S/C16H28N2S/c1-4-10-17-11-13-6-5-7-14-16(13)18-15(19-14)9-8-12(2)3/h12-13,17H,4-11H2,1-3H3. The Hall–Kier alpha value is -0.410. The smallest absolute Gasteiger partial charge is 0.0931 e. The summed E-state index contributed by atoms with van der Waals surface area (Å²) >= 11 is 1.98. The molecule has 0 saturated heterocycles. The summed E-state index contributed by atoms with van der Waals surface area (Å²) in [5.74, 6) is 1.45. The van der Waals surface area contributed by atoms with Gasteiger partial charge in [0, 0.05) is 17.3 Å². The molecule has 1 heterocycles. The van der Waals surface area contributed by atoms with Gasteiger partial charge in [-0.15, -0.1) is 11.3 Å². The van der Waals surface area contributed by atoms with E-state index < -0.39 is 0 Å². The Bertz CT molecular complexity index is 384. The zero-order valence-corrected chi connectivity index (χ0v) is 13.5. The van der Waals surface area contributed by atoms with Crippen LogP contribution in [0.25, 0.3) is 0 Å². The number of hydrogen-bond acceptors (Lipinski definition) is 3. The summed E-state index contributed by atoms with van der Waals surface area (Å²) in [6.07, 6.45) is 7.58. The minimum absolute atomic E-state index is 0.666. The molecule has 1 aliphatic rings. The van der Waals surface area contributed by atoms with Gasteiger partial charge in [-0.05, 0) is 51.0 Å². The summed E-state index contributed by atoms with van der Waals surface area (Å²) in [5, 5.41) is 4.95. The van der Waals surface area contributed by atoms with E-state index in [2.05, 4.69) is 26.1 Å². The molecular formula is C16H28N2S. The van der Waals surface area contributed by atoms with Gasteiger partial charge in [0.2, 0.25) is 0 Å². The van der Waals surface area contributed by atoms with Gasteiger partial charge >= 0.3 is 0 Å². The molecule has 2 nitrogen and oxygen atoms in total. The van der Waals surface area contributed by atoms with E-state index in [0.29, 0.717) is 5.92 Å². The maximum absolute atomic E-state index is 4.96. The molecule has 108 valence electrons. The van der Waals surface area contributed by atoms with E-state index in [1.165, 1.54) is 49.2 Å². The van der Waals surface area contributed by atoms with Crippen LogP contribution in [0.5, 0.6) is 0 Å². The molecule has 3 heteroatoms. The summed E-state index contributed by atoms with van der Waals surface area (Å²) in [7, 11) is 0. The molecule has 0 spiro atoms. The molecule has 0 aromatic carbocycles. The van der Waals surface area contributed by atoms with Crippen molar-refractivity contribution in [2.75, 3.05) is 13.1 Å². The summed E-state index contributed by atoms with van der Waals surface area (Å²) in [6, 6.07) is 0. The van der Waals surface area contributed by atoms with Gasteiger partial charge in [0.05, 0.1) is 10.7 Å². The quantitative estimate of drug-likeness (QED) is 0.759. The average Bonchev–Trinajstić information content (AvgIpc) is 2.80. The van der Waals surface area contributed by atoms with Crippen LogP contribution in [0.1, 0.15) is 68.0 Å². The second-order valence-electron chi connectivity index (χ2n) is 6.14. The zero-order valence-electron chi connectivity index (χ0n) is 12.7. The number of rotatable bonds is 7. The Morgan fingerprint density at radius 3 is 3.00 bits per heavy atom. The van der Waals surface area contributed by atoms with Crippen LogP contribution in [-0.4, -0.2) is 18.1 Å². The Morgan fingerprint density at radius 2 is 2.26 bits per heavy atom. The van der Waals surface area contributed by atoms with Crippen molar-refractivity contribution in [3.63, 3.8) is 0 Å². The van der Waals surface area contributed by atoms with Crippen LogP contribution in [0.2, 0.25) is 0 Å². The normalized spacial score (nSPS) is 18.8. The molecule has 1 aromatic rings. The van der Waals surface area contributed by atoms with E-state index in [-0.39, 0.29) is 0 Å². The van der Waals surface area contributed by atoms with Gasteiger partial charge in [-0.3, -0.25) is 0 Å². The minimum Gasteiger partial charge on any atom is -0.316 e. The van der Waals surface area contributed by atoms with Crippen molar-refractivity contribution in [3.8, 4) is 0 Å². The summed E-state index contributed by atoms with van der Waals surface area (Å²) < 4.78 is 0.